The molecule has 2 rings (SSSR count). The van der Waals surface area contributed by atoms with Crippen LogP contribution in [0.15, 0.2) is 42.5 Å². The Hall–Kier alpha value is -1.96. The molecule has 1 radical (unpaired) electrons. The molecule has 0 saturated heterocycles. The van der Waals surface area contributed by atoms with Crippen LogP contribution >= 0.6 is 0 Å². The Labute approximate surface area is 88.8 Å². The lowest BCUT2D eigenvalue weighted by molar-refractivity contribution is 0.374. The van der Waals surface area contributed by atoms with Crippen LogP contribution in [0.5, 0.6) is 11.5 Å². The monoisotopic (exact) mass is 199 g/mol. The maximum absolute atomic E-state index is 9.91. The Morgan fingerprint density at radius 2 is 1.87 bits per heavy atom. The molecule has 2 heteroatoms. The maximum Gasteiger partial charge on any atom is 0.165 e. The minimum atomic E-state index is 0.172. The van der Waals surface area contributed by atoms with Crippen LogP contribution in [0.2, 0.25) is 0 Å². The molecule has 0 saturated carbocycles. The summed E-state index contributed by atoms with van der Waals surface area (Å²) in [5.41, 5.74) is 1.72. The van der Waals surface area contributed by atoms with Crippen molar-refractivity contribution in [3.8, 4) is 22.6 Å². The van der Waals surface area contributed by atoms with Crippen molar-refractivity contribution in [3.63, 3.8) is 0 Å². The first-order chi connectivity index (χ1) is 7.33. The van der Waals surface area contributed by atoms with Crippen molar-refractivity contribution >= 4 is 0 Å². The molecule has 2 nitrogen and oxygen atoms in total. The number of methoxy groups -OCH3 is 1. The molecule has 2 aromatic carbocycles. The van der Waals surface area contributed by atoms with Gasteiger partial charge in [-0.2, -0.15) is 0 Å². The highest BCUT2D eigenvalue weighted by atomic mass is 16.5. The lowest BCUT2D eigenvalue weighted by Gasteiger charge is -2.08. The number of hydrogen-bond donors (Lipinski definition) is 1. The van der Waals surface area contributed by atoms with Crippen molar-refractivity contribution in [1.29, 1.82) is 0 Å². The molecule has 0 amide bonds. The van der Waals surface area contributed by atoms with Gasteiger partial charge in [0.25, 0.3) is 0 Å². The van der Waals surface area contributed by atoms with Crippen LogP contribution in [0.3, 0.4) is 0 Å². The zero-order valence-electron chi connectivity index (χ0n) is 8.40. The summed E-state index contributed by atoms with van der Waals surface area (Å²) >= 11 is 0. The summed E-state index contributed by atoms with van der Waals surface area (Å²) < 4.78 is 5.05. The molecule has 1 N–H and O–H groups in total. The van der Waals surface area contributed by atoms with Crippen molar-refractivity contribution in [2.75, 3.05) is 7.11 Å². The highest BCUT2D eigenvalue weighted by Gasteiger charge is 2.07. The second kappa shape index (κ2) is 4.05. The Kier molecular flexibility index (Phi) is 2.59. The first-order valence-electron chi connectivity index (χ1n) is 4.65. The van der Waals surface area contributed by atoms with Crippen LogP contribution in [0, 0.1) is 6.07 Å². The molecule has 0 aliphatic heterocycles. The van der Waals surface area contributed by atoms with Crippen LogP contribution in [0.1, 0.15) is 0 Å². The largest absolute Gasteiger partial charge is 0.504 e. The number of phenols is 1. The fraction of sp³-hybridized carbons (Fsp3) is 0.0769. The van der Waals surface area contributed by atoms with E-state index < -0.39 is 0 Å². The first kappa shape index (κ1) is 9.59. The Morgan fingerprint density at radius 1 is 1.13 bits per heavy atom. The molecule has 15 heavy (non-hydrogen) atoms. The van der Waals surface area contributed by atoms with Crippen LogP contribution in [-0.2, 0) is 0 Å². The molecule has 0 aromatic heterocycles. The van der Waals surface area contributed by atoms with E-state index in [4.69, 9.17) is 4.74 Å². The molecular formula is C13H11O2. The molecular weight excluding hydrogens is 188 g/mol. The van der Waals surface area contributed by atoms with Gasteiger partial charge < -0.3 is 9.84 Å². The van der Waals surface area contributed by atoms with Crippen LogP contribution in [-0.4, -0.2) is 12.2 Å². The van der Waals surface area contributed by atoms with Gasteiger partial charge in [-0.15, -0.1) is 0 Å². The van der Waals surface area contributed by atoms with Gasteiger partial charge in [-0.25, -0.2) is 0 Å². The average Bonchev–Trinajstić information content (AvgIpc) is 2.30. The summed E-state index contributed by atoms with van der Waals surface area (Å²) in [5, 5.41) is 9.91. The van der Waals surface area contributed by atoms with Gasteiger partial charge in [0.05, 0.1) is 7.11 Å². The molecule has 0 unspecified atom stereocenters. The third-order valence-corrected chi connectivity index (χ3v) is 2.25. The fourth-order valence-corrected chi connectivity index (χ4v) is 1.49. The molecule has 75 valence electrons. The van der Waals surface area contributed by atoms with Gasteiger partial charge >= 0.3 is 0 Å². The first-order valence-corrected chi connectivity index (χ1v) is 4.65. The molecule has 0 spiro atoms. The Bertz CT molecular complexity index is 449. The molecule has 0 fully saturated rings. The van der Waals surface area contributed by atoms with E-state index in [9.17, 15) is 5.11 Å². The summed E-state index contributed by atoms with van der Waals surface area (Å²) in [4.78, 5) is 0. The molecule has 2 aromatic rings. The lowest BCUT2D eigenvalue weighted by atomic mass is 10.0. The zero-order valence-corrected chi connectivity index (χ0v) is 8.40. The fourth-order valence-electron chi connectivity index (χ4n) is 1.49. The average molecular weight is 199 g/mol. The number of aromatic hydroxyl groups is 1. The SMILES string of the molecule is COc1cccc(-c2cc[c]cc2)c1O. The second-order valence-electron chi connectivity index (χ2n) is 3.15. The molecule has 0 bridgehead atoms. The minimum Gasteiger partial charge on any atom is -0.504 e. The molecule has 0 aliphatic rings. The summed E-state index contributed by atoms with van der Waals surface area (Å²) in [7, 11) is 1.54. The standard InChI is InChI=1S/C13H11O2/c1-15-12-9-5-8-11(13(12)14)10-6-3-2-4-7-10/h3-9,14H,1H3. The number of para-hydroxylation sites is 1. The van der Waals surface area contributed by atoms with Crippen LogP contribution in [0.25, 0.3) is 11.1 Å². The molecule has 0 atom stereocenters. The predicted octanol–water partition coefficient (Wildman–Crippen LogP) is 2.87. The van der Waals surface area contributed by atoms with E-state index in [1.54, 1.807) is 6.07 Å². The van der Waals surface area contributed by atoms with Crippen LogP contribution < -0.4 is 4.74 Å². The minimum absolute atomic E-state index is 0.172. The summed E-state index contributed by atoms with van der Waals surface area (Å²) in [6.45, 7) is 0. The quantitative estimate of drug-likeness (QED) is 0.805. The Morgan fingerprint density at radius 3 is 2.53 bits per heavy atom. The van der Waals surface area contributed by atoms with Gasteiger partial charge in [-0.3, -0.25) is 0 Å². The van der Waals surface area contributed by atoms with Gasteiger partial charge in [0.15, 0.2) is 11.5 Å². The topological polar surface area (TPSA) is 29.5 Å². The van der Waals surface area contributed by atoms with Crippen molar-refractivity contribution < 1.29 is 9.84 Å². The summed E-state index contributed by atoms with van der Waals surface area (Å²) in [5.74, 6) is 0.659. The number of hydrogen-bond acceptors (Lipinski definition) is 2. The number of phenolic OH excluding ortho intramolecular Hbond substituents is 1. The second-order valence-corrected chi connectivity index (χ2v) is 3.15. The van der Waals surface area contributed by atoms with E-state index in [0.717, 1.165) is 11.1 Å². The lowest BCUT2D eigenvalue weighted by Crippen LogP contribution is -1.85. The zero-order chi connectivity index (χ0) is 10.7. The Balaban J connectivity index is 2.54. The smallest absolute Gasteiger partial charge is 0.165 e. The van der Waals surface area contributed by atoms with E-state index in [-0.39, 0.29) is 5.75 Å². The number of ether oxygens (including phenoxy) is 1. The van der Waals surface area contributed by atoms with Gasteiger partial charge in [-0.05, 0) is 17.7 Å². The van der Waals surface area contributed by atoms with E-state index in [0.29, 0.717) is 5.75 Å². The molecule has 0 aliphatic carbocycles. The third kappa shape index (κ3) is 1.79. The highest BCUT2D eigenvalue weighted by molar-refractivity contribution is 5.73. The highest BCUT2D eigenvalue weighted by Crippen LogP contribution is 2.36. The van der Waals surface area contributed by atoms with Crippen molar-refractivity contribution in [1.82, 2.24) is 0 Å². The number of rotatable bonds is 2. The van der Waals surface area contributed by atoms with Gasteiger partial charge in [0.1, 0.15) is 0 Å². The van der Waals surface area contributed by atoms with Crippen molar-refractivity contribution in [2.45, 2.75) is 0 Å². The predicted molar refractivity (Wildman–Crippen MR) is 58.9 cm³/mol. The number of benzene rings is 2. The van der Waals surface area contributed by atoms with Gasteiger partial charge in [0, 0.05) is 5.56 Å². The van der Waals surface area contributed by atoms with E-state index in [2.05, 4.69) is 6.07 Å². The normalized spacial score (nSPS) is 9.93. The summed E-state index contributed by atoms with van der Waals surface area (Å²) in [6, 6.07) is 15.8. The van der Waals surface area contributed by atoms with E-state index in [1.165, 1.54) is 7.11 Å². The summed E-state index contributed by atoms with van der Waals surface area (Å²) in [6.07, 6.45) is 0. The van der Waals surface area contributed by atoms with E-state index in [1.807, 2.05) is 36.4 Å². The van der Waals surface area contributed by atoms with Gasteiger partial charge in [0.2, 0.25) is 0 Å². The van der Waals surface area contributed by atoms with Crippen molar-refractivity contribution in [3.05, 3.63) is 48.5 Å². The van der Waals surface area contributed by atoms with Crippen LogP contribution in [0.4, 0.5) is 0 Å². The van der Waals surface area contributed by atoms with E-state index >= 15 is 0 Å². The maximum atomic E-state index is 9.91. The molecule has 0 heterocycles. The van der Waals surface area contributed by atoms with Gasteiger partial charge in [-0.1, -0.05) is 36.4 Å². The third-order valence-electron chi connectivity index (χ3n) is 2.25. The van der Waals surface area contributed by atoms with Crippen molar-refractivity contribution in [2.24, 2.45) is 0 Å².